The predicted octanol–water partition coefficient (Wildman–Crippen LogP) is 13.0. The molecule has 0 unspecified atom stereocenters. The van der Waals surface area contributed by atoms with Crippen molar-refractivity contribution in [2.24, 2.45) is 14.2 Å². The normalized spacial score (nSPS) is 11.5. The van der Waals surface area contributed by atoms with Crippen molar-refractivity contribution in [3.8, 4) is 6.07 Å². The van der Waals surface area contributed by atoms with Crippen LogP contribution in [0, 0.1) is 11.3 Å². The largest absolute Gasteiger partial charge is 0.251 e. The molecule has 9 aromatic carbocycles. The Morgan fingerprint density at radius 2 is 0.507 bits per heavy atom. The van der Waals surface area contributed by atoms with Crippen LogP contribution in [0.1, 0.15) is 5.56 Å². The van der Waals surface area contributed by atoms with Gasteiger partial charge in [-0.3, -0.25) is 4.74 Å². The molecule has 10 rings (SSSR count). The third-order valence-corrected chi connectivity index (χ3v) is 23.3. The van der Waals surface area contributed by atoms with Crippen LogP contribution in [-0.2, 0) is 0 Å². The van der Waals surface area contributed by atoms with Gasteiger partial charge in [0, 0.05) is 47.7 Å². The Hall–Kier alpha value is -7.40. The molecule has 9 heteroatoms. The third-order valence-electron chi connectivity index (χ3n) is 12.1. The monoisotopic (exact) mass is 963 g/mol. The van der Waals surface area contributed by atoms with Gasteiger partial charge in [0.2, 0.25) is 0 Å². The first-order valence-electron chi connectivity index (χ1n) is 22.6. The predicted molar refractivity (Wildman–Crippen MR) is 296 cm³/mol. The highest BCUT2D eigenvalue weighted by molar-refractivity contribution is 7.88. The van der Waals surface area contributed by atoms with Gasteiger partial charge in [0.1, 0.15) is 22.3 Å². The molecular formula is C60H45ClN5P3. The number of aromatic nitrogens is 1. The van der Waals surface area contributed by atoms with Gasteiger partial charge in [-0.15, -0.1) is 0 Å². The van der Waals surface area contributed by atoms with E-state index in [1.165, 1.54) is 0 Å². The lowest BCUT2D eigenvalue weighted by atomic mass is 10.2. The van der Waals surface area contributed by atoms with Gasteiger partial charge < -0.3 is 0 Å². The molecular weight excluding hydrogens is 919 g/mol. The number of nitriles is 1. The Morgan fingerprint density at radius 3 is 0.725 bits per heavy atom. The van der Waals surface area contributed by atoms with Gasteiger partial charge >= 0.3 is 0 Å². The molecule has 1 aromatic heterocycles. The van der Waals surface area contributed by atoms with Crippen LogP contribution < -0.4 is 47.7 Å². The zero-order valence-corrected chi connectivity index (χ0v) is 40.9. The topological polar surface area (TPSA) is 73.8 Å². The molecule has 332 valence electrons. The molecule has 0 spiro atoms. The second-order valence-electron chi connectivity index (χ2n) is 16.1. The van der Waals surface area contributed by atoms with Crippen molar-refractivity contribution in [3.63, 3.8) is 0 Å². The van der Waals surface area contributed by atoms with Gasteiger partial charge in [0.15, 0.2) is 11.6 Å². The highest BCUT2D eigenvalue weighted by Gasteiger charge is 2.34. The summed E-state index contributed by atoms with van der Waals surface area (Å²) in [6, 6.07) is 96.0. The Morgan fingerprint density at radius 1 is 0.304 bits per heavy atom. The number of rotatable bonds is 12. The minimum absolute atomic E-state index is 0.168. The second-order valence-corrected chi connectivity index (χ2v) is 25.6. The van der Waals surface area contributed by atoms with E-state index in [0.29, 0.717) is 0 Å². The number of halogens is 1. The standard InChI is InChI=1S/C60H45ClN5P3/c61-57-58(64-67(47-28-10-1-11-29-47,48-30-12-2-13-31-48)49-32-14-3-15-33-49)56(46-62)59(65-68(50-34-16-4-17-35-50,51-36-18-5-19-37-51)52-38-20-6-21-39-52)63-60(57)66-69(53-40-22-7-23-41-53,54-42-24-8-25-43-54)55-44-26-9-27-45-55/h1-45H. The SMILES string of the molecule is N#Cc1c(N=P(c2ccccc2)(c2ccccc2)c2ccccc2)nc(N=P(c2ccccc2)(c2ccccc2)c2ccccc2)c(Cl)c1N=P(c1ccccc1)(c1ccccc1)c1ccccc1. The van der Waals surface area contributed by atoms with Gasteiger partial charge in [-0.25, -0.2) is 14.5 Å². The second kappa shape index (κ2) is 20.4. The maximum Gasteiger partial charge on any atom is 0.175 e. The van der Waals surface area contributed by atoms with E-state index in [1.54, 1.807) is 0 Å². The quantitative estimate of drug-likeness (QED) is 0.114. The maximum absolute atomic E-state index is 11.8. The molecule has 0 radical (unpaired) electrons. The molecule has 69 heavy (non-hydrogen) atoms. The third kappa shape index (κ3) is 8.60. The van der Waals surface area contributed by atoms with Crippen LogP contribution >= 0.6 is 32.8 Å². The minimum atomic E-state index is -3.04. The minimum Gasteiger partial charge on any atom is -0.251 e. The maximum atomic E-state index is 11.8. The fraction of sp³-hybridized carbons (Fsp3) is 0. The van der Waals surface area contributed by atoms with Crippen molar-refractivity contribution < 1.29 is 0 Å². The zero-order valence-electron chi connectivity index (χ0n) is 37.4. The Balaban J connectivity index is 1.47. The summed E-state index contributed by atoms with van der Waals surface area (Å²) < 4.78 is 17.9. The van der Waals surface area contributed by atoms with Crippen molar-refractivity contribution in [1.82, 2.24) is 4.98 Å². The first kappa shape index (κ1) is 45.4. The molecule has 0 fully saturated rings. The molecule has 0 aliphatic carbocycles. The summed E-state index contributed by atoms with van der Waals surface area (Å²) in [6.45, 7) is 0. The van der Waals surface area contributed by atoms with E-state index in [9.17, 15) is 5.26 Å². The van der Waals surface area contributed by atoms with E-state index in [2.05, 4.69) is 152 Å². The lowest BCUT2D eigenvalue weighted by Gasteiger charge is -2.29. The number of hydrogen-bond donors (Lipinski definition) is 0. The molecule has 5 nitrogen and oxygen atoms in total. The van der Waals surface area contributed by atoms with Crippen molar-refractivity contribution >= 4 is 97.8 Å². The Labute approximate surface area is 409 Å². The molecule has 10 aromatic rings. The van der Waals surface area contributed by atoms with Crippen molar-refractivity contribution in [3.05, 3.63) is 284 Å². The summed E-state index contributed by atoms with van der Waals surface area (Å²) in [4.78, 5) is 5.49. The summed E-state index contributed by atoms with van der Waals surface area (Å²) in [5.41, 5.74) is 0.456. The van der Waals surface area contributed by atoms with E-state index in [1.807, 2.05) is 127 Å². The molecule has 0 bridgehead atoms. The van der Waals surface area contributed by atoms with Crippen molar-refractivity contribution in [2.45, 2.75) is 0 Å². The average Bonchev–Trinajstić information content (AvgIpc) is 3.44. The number of hydrogen-bond acceptors (Lipinski definition) is 5. The molecule has 0 aliphatic heterocycles. The summed E-state index contributed by atoms with van der Waals surface area (Å²) in [5, 5.41) is 21.0. The molecule has 0 saturated heterocycles. The lowest BCUT2D eigenvalue weighted by molar-refractivity contribution is 1.23. The Kier molecular flexibility index (Phi) is 13.5. The van der Waals surface area contributed by atoms with Crippen LogP contribution in [0.3, 0.4) is 0 Å². The first-order valence-corrected chi connectivity index (χ1v) is 28.2. The summed E-state index contributed by atoms with van der Waals surface area (Å²) >= 11 is 8.03. The van der Waals surface area contributed by atoms with Crippen molar-refractivity contribution in [1.29, 1.82) is 5.26 Å². The number of benzene rings is 9. The van der Waals surface area contributed by atoms with Crippen LogP contribution in [0.25, 0.3) is 0 Å². The molecule has 0 N–H and O–H groups in total. The Bertz CT molecular complexity index is 3250. The molecule has 0 saturated carbocycles. The molecule has 0 amide bonds. The highest BCUT2D eigenvalue weighted by Crippen LogP contribution is 2.58. The van der Waals surface area contributed by atoms with Gasteiger partial charge in [-0.05, 0) is 0 Å². The van der Waals surface area contributed by atoms with E-state index in [-0.39, 0.29) is 27.9 Å². The van der Waals surface area contributed by atoms with Gasteiger partial charge in [-0.2, -0.15) is 5.26 Å². The molecule has 0 aliphatic rings. The molecule has 1 heterocycles. The average molecular weight is 964 g/mol. The zero-order chi connectivity index (χ0) is 46.9. The summed E-state index contributed by atoms with van der Waals surface area (Å²) in [6.07, 6.45) is 0. The molecule has 0 atom stereocenters. The van der Waals surface area contributed by atoms with Crippen LogP contribution in [0.15, 0.2) is 287 Å². The highest BCUT2D eigenvalue weighted by atomic mass is 35.5. The number of nitrogens with zero attached hydrogens (tertiary/aromatic N) is 5. The summed E-state index contributed by atoms with van der Waals surface area (Å²) in [7, 11) is -9.04. The van der Waals surface area contributed by atoms with Crippen LogP contribution in [0.2, 0.25) is 5.02 Å². The van der Waals surface area contributed by atoms with E-state index < -0.39 is 21.2 Å². The van der Waals surface area contributed by atoms with E-state index in [4.69, 9.17) is 30.8 Å². The van der Waals surface area contributed by atoms with Crippen molar-refractivity contribution in [2.75, 3.05) is 0 Å². The van der Waals surface area contributed by atoms with Crippen LogP contribution in [0.5, 0.6) is 0 Å². The van der Waals surface area contributed by atoms with E-state index >= 15 is 0 Å². The fourth-order valence-electron chi connectivity index (χ4n) is 8.95. The smallest absolute Gasteiger partial charge is 0.175 e. The van der Waals surface area contributed by atoms with Gasteiger partial charge in [0.05, 0.1) is 21.2 Å². The number of pyridine rings is 1. The van der Waals surface area contributed by atoms with E-state index in [0.717, 1.165) is 47.7 Å². The fourth-order valence-corrected chi connectivity index (χ4v) is 19.8. The van der Waals surface area contributed by atoms with Crippen LogP contribution in [0.4, 0.5) is 17.3 Å². The summed E-state index contributed by atoms with van der Waals surface area (Å²) in [5.74, 6) is 0.460. The van der Waals surface area contributed by atoms with Gasteiger partial charge in [0.25, 0.3) is 0 Å². The lowest BCUT2D eigenvalue weighted by Crippen LogP contribution is -2.25. The van der Waals surface area contributed by atoms with Crippen LogP contribution in [-0.4, -0.2) is 4.98 Å². The first-order chi connectivity index (χ1) is 34.1. The van der Waals surface area contributed by atoms with Gasteiger partial charge in [-0.1, -0.05) is 285 Å².